The third-order valence-electron chi connectivity index (χ3n) is 2.36. The van der Waals surface area contributed by atoms with E-state index in [1.165, 1.54) is 6.07 Å². The summed E-state index contributed by atoms with van der Waals surface area (Å²) in [6, 6.07) is 5.09. The van der Waals surface area contributed by atoms with Crippen molar-refractivity contribution in [2.24, 2.45) is 0 Å². The molecule has 74 valence electrons. The first-order valence-corrected chi connectivity index (χ1v) is 4.62. The largest absolute Gasteiger partial charge is 0.504 e. The molecular weight excluding hydrogens is 178 g/mol. The normalized spacial score (nSPS) is 11.4. The van der Waals surface area contributed by atoms with Crippen LogP contribution in [0.3, 0.4) is 0 Å². The van der Waals surface area contributed by atoms with Gasteiger partial charge in [0.05, 0.1) is 0 Å². The summed E-state index contributed by atoms with van der Waals surface area (Å²) in [6.45, 7) is 4.18. The molecule has 1 aromatic heterocycles. The molecule has 0 aliphatic heterocycles. The number of aromatic amines is 1. The highest BCUT2D eigenvalue weighted by atomic mass is 16.3. The average Bonchev–Trinajstić information content (AvgIpc) is 2.48. The number of H-pyrrole nitrogens is 1. The molecule has 0 saturated carbocycles. The van der Waals surface area contributed by atoms with Gasteiger partial charge >= 0.3 is 0 Å². The van der Waals surface area contributed by atoms with Crippen LogP contribution in [0.25, 0.3) is 10.9 Å². The highest BCUT2D eigenvalue weighted by molar-refractivity contribution is 5.84. The Morgan fingerprint density at radius 1 is 1.07 bits per heavy atom. The predicted molar refractivity (Wildman–Crippen MR) is 55.7 cm³/mol. The van der Waals surface area contributed by atoms with Gasteiger partial charge in [-0.15, -0.1) is 0 Å². The van der Waals surface area contributed by atoms with Crippen LogP contribution >= 0.6 is 0 Å². The van der Waals surface area contributed by atoms with Crippen LogP contribution in [-0.4, -0.2) is 15.2 Å². The lowest BCUT2D eigenvalue weighted by atomic mass is 10.1. The van der Waals surface area contributed by atoms with E-state index >= 15 is 0 Å². The molecule has 0 unspecified atom stereocenters. The van der Waals surface area contributed by atoms with E-state index in [1.807, 2.05) is 6.07 Å². The van der Waals surface area contributed by atoms with Crippen molar-refractivity contribution in [3.8, 4) is 11.5 Å². The summed E-state index contributed by atoms with van der Waals surface area (Å²) in [6.07, 6.45) is 0. The Bertz CT molecular complexity index is 432. The smallest absolute Gasteiger partial charge is 0.159 e. The SMILES string of the molecule is CC(C)c1cc2cc(O)c(O)cc2[nH]1. The van der Waals surface area contributed by atoms with Gasteiger partial charge in [-0.3, -0.25) is 0 Å². The average molecular weight is 191 g/mol. The zero-order valence-electron chi connectivity index (χ0n) is 8.20. The minimum Gasteiger partial charge on any atom is -0.504 e. The van der Waals surface area contributed by atoms with Gasteiger partial charge in [-0.05, 0) is 18.1 Å². The molecule has 0 bridgehead atoms. The van der Waals surface area contributed by atoms with Crippen LogP contribution in [0.4, 0.5) is 0 Å². The van der Waals surface area contributed by atoms with E-state index in [0.717, 1.165) is 16.6 Å². The zero-order chi connectivity index (χ0) is 10.3. The van der Waals surface area contributed by atoms with Crippen molar-refractivity contribution >= 4 is 10.9 Å². The second-order valence-electron chi connectivity index (χ2n) is 3.81. The number of phenolic OH excluding ortho intramolecular Hbond substituents is 2. The number of benzene rings is 1. The quantitative estimate of drug-likeness (QED) is 0.607. The van der Waals surface area contributed by atoms with Crippen LogP contribution in [0.5, 0.6) is 11.5 Å². The number of hydrogen-bond acceptors (Lipinski definition) is 2. The number of aromatic nitrogens is 1. The molecule has 3 N–H and O–H groups in total. The summed E-state index contributed by atoms with van der Waals surface area (Å²) in [4.78, 5) is 3.19. The lowest BCUT2D eigenvalue weighted by molar-refractivity contribution is 0.405. The predicted octanol–water partition coefficient (Wildman–Crippen LogP) is 2.70. The number of hydrogen-bond donors (Lipinski definition) is 3. The van der Waals surface area contributed by atoms with Gasteiger partial charge in [0, 0.05) is 22.7 Å². The molecule has 0 fully saturated rings. The van der Waals surface area contributed by atoms with Gasteiger partial charge in [-0.1, -0.05) is 13.8 Å². The standard InChI is InChI=1S/C11H13NO2/c1-6(2)8-3-7-4-10(13)11(14)5-9(7)12-8/h3-6,12-14H,1-2H3. The van der Waals surface area contributed by atoms with Crippen LogP contribution < -0.4 is 0 Å². The van der Waals surface area contributed by atoms with Crippen molar-refractivity contribution in [1.82, 2.24) is 4.98 Å². The van der Waals surface area contributed by atoms with Crippen molar-refractivity contribution in [1.29, 1.82) is 0 Å². The fourth-order valence-electron chi connectivity index (χ4n) is 1.49. The second-order valence-corrected chi connectivity index (χ2v) is 3.81. The van der Waals surface area contributed by atoms with Gasteiger partial charge in [-0.2, -0.15) is 0 Å². The Morgan fingerprint density at radius 2 is 1.71 bits per heavy atom. The van der Waals surface area contributed by atoms with Gasteiger partial charge in [0.25, 0.3) is 0 Å². The molecule has 0 spiro atoms. The van der Waals surface area contributed by atoms with Crippen molar-refractivity contribution in [2.75, 3.05) is 0 Å². The zero-order valence-corrected chi connectivity index (χ0v) is 8.20. The van der Waals surface area contributed by atoms with E-state index < -0.39 is 0 Å². The summed E-state index contributed by atoms with van der Waals surface area (Å²) in [7, 11) is 0. The van der Waals surface area contributed by atoms with Crippen LogP contribution in [-0.2, 0) is 0 Å². The number of rotatable bonds is 1. The number of aromatic hydroxyl groups is 2. The third-order valence-corrected chi connectivity index (χ3v) is 2.36. The first-order chi connectivity index (χ1) is 6.58. The minimum absolute atomic E-state index is 0.0770. The molecular formula is C11H13NO2. The Morgan fingerprint density at radius 3 is 2.36 bits per heavy atom. The summed E-state index contributed by atoms with van der Waals surface area (Å²) in [5, 5.41) is 19.5. The number of phenols is 2. The molecule has 14 heavy (non-hydrogen) atoms. The van der Waals surface area contributed by atoms with Gasteiger partial charge in [0.2, 0.25) is 0 Å². The molecule has 0 saturated heterocycles. The van der Waals surface area contributed by atoms with Crippen molar-refractivity contribution in [2.45, 2.75) is 19.8 Å². The maximum absolute atomic E-state index is 9.30. The molecule has 0 aliphatic carbocycles. The fourth-order valence-corrected chi connectivity index (χ4v) is 1.49. The molecule has 0 atom stereocenters. The minimum atomic E-state index is -0.0883. The number of nitrogens with one attached hydrogen (secondary N) is 1. The summed E-state index contributed by atoms with van der Waals surface area (Å²) in [5.74, 6) is 0.244. The van der Waals surface area contributed by atoms with Crippen LogP contribution in [0, 0.1) is 0 Å². The van der Waals surface area contributed by atoms with E-state index in [-0.39, 0.29) is 11.5 Å². The molecule has 3 nitrogen and oxygen atoms in total. The van der Waals surface area contributed by atoms with E-state index in [9.17, 15) is 10.2 Å². The maximum Gasteiger partial charge on any atom is 0.159 e. The molecule has 3 heteroatoms. The monoisotopic (exact) mass is 191 g/mol. The van der Waals surface area contributed by atoms with E-state index in [2.05, 4.69) is 18.8 Å². The van der Waals surface area contributed by atoms with E-state index in [4.69, 9.17) is 0 Å². The molecule has 1 heterocycles. The van der Waals surface area contributed by atoms with Crippen molar-refractivity contribution < 1.29 is 10.2 Å². The van der Waals surface area contributed by atoms with Gasteiger partial charge < -0.3 is 15.2 Å². The summed E-state index contributed by atoms with van der Waals surface area (Å²) in [5.41, 5.74) is 1.95. The topological polar surface area (TPSA) is 56.2 Å². The van der Waals surface area contributed by atoms with Gasteiger partial charge in [0.1, 0.15) is 0 Å². The van der Waals surface area contributed by atoms with Gasteiger partial charge in [0.15, 0.2) is 11.5 Å². The van der Waals surface area contributed by atoms with Crippen molar-refractivity contribution in [3.05, 3.63) is 23.9 Å². The Labute approximate surface area is 82.0 Å². The van der Waals surface area contributed by atoms with Crippen molar-refractivity contribution in [3.63, 3.8) is 0 Å². The molecule has 0 amide bonds. The fraction of sp³-hybridized carbons (Fsp3) is 0.273. The Hall–Kier alpha value is -1.64. The molecule has 2 aromatic rings. The lowest BCUT2D eigenvalue weighted by Crippen LogP contribution is -1.84. The first-order valence-electron chi connectivity index (χ1n) is 4.62. The third kappa shape index (κ3) is 1.31. The highest BCUT2D eigenvalue weighted by Gasteiger charge is 2.07. The summed E-state index contributed by atoms with van der Waals surface area (Å²) < 4.78 is 0. The number of fused-ring (bicyclic) bond motifs is 1. The molecule has 0 radical (unpaired) electrons. The van der Waals surface area contributed by atoms with Crippen LogP contribution in [0.1, 0.15) is 25.5 Å². The Balaban J connectivity index is 2.66. The lowest BCUT2D eigenvalue weighted by Gasteiger charge is -1.98. The van der Waals surface area contributed by atoms with Crippen LogP contribution in [0.15, 0.2) is 18.2 Å². The Kier molecular flexibility index (Phi) is 1.88. The van der Waals surface area contributed by atoms with Gasteiger partial charge in [-0.25, -0.2) is 0 Å². The summed E-state index contributed by atoms with van der Waals surface area (Å²) >= 11 is 0. The first kappa shape index (κ1) is 8.94. The molecule has 0 aliphatic rings. The van der Waals surface area contributed by atoms with E-state index in [1.54, 1.807) is 6.07 Å². The molecule has 2 rings (SSSR count). The molecule has 1 aromatic carbocycles. The van der Waals surface area contributed by atoms with Crippen LogP contribution in [0.2, 0.25) is 0 Å². The second kappa shape index (κ2) is 2.94. The maximum atomic E-state index is 9.30. The highest BCUT2D eigenvalue weighted by Crippen LogP contribution is 2.31. The van der Waals surface area contributed by atoms with E-state index in [0.29, 0.717) is 5.92 Å².